The first-order chi connectivity index (χ1) is 7.58. The van der Waals surface area contributed by atoms with Gasteiger partial charge in [0, 0.05) is 31.5 Å². The summed E-state index contributed by atoms with van der Waals surface area (Å²) in [7, 11) is 1.89. The van der Waals surface area contributed by atoms with Gasteiger partial charge in [-0.1, -0.05) is 0 Å². The molecule has 84 valence electrons. The van der Waals surface area contributed by atoms with Crippen molar-refractivity contribution < 1.29 is 4.39 Å². The number of benzene rings is 1. The third-order valence-corrected chi connectivity index (χ3v) is 2.70. The van der Waals surface area contributed by atoms with Gasteiger partial charge in [-0.15, -0.1) is 0 Å². The van der Waals surface area contributed by atoms with Crippen molar-refractivity contribution >= 4 is 5.69 Å². The Balaban J connectivity index is 2.35. The second-order valence-corrected chi connectivity index (χ2v) is 3.93. The van der Waals surface area contributed by atoms with Gasteiger partial charge in [0.15, 0.2) is 0 Å². The zero-order valence-electron chi connectivity index (χ0n) is 9.37. The van der Waals surface area contributed by atoms with E-state index in [4.69, 9.17) is 5.73 Å². The molecule has 1 aromatic heterocycles. The van der Waals surface area contributed by atoms with E-state index in [9.17, 15) is 4.39 Å². The van der Waals surface area contributed by atoms with Gasteiger partial charge in [-0.25, -0.2) is 9.37 Å². The summed E-state index contributed by atoms with van der Waals surface area (Å²) in [4.78, 5) is 4.16. The molecule has 2 N–H and O–H groups in total. The van der Waals surface area contributed by atoms with Gasteiger partial charge in [-0.3, -0.25) is 0 Å². The van der Waals surface area contributed by atoms with Crippen molar-refractivity contribution in [3.63, 3.8) is 0 Å². The van der Waals surface area contributed by atoms with Crippen LogP contribution >= 0.6 is 0 Å². The lowest BCUT2D eigenvalue weighted by Crippen LogP contribution is -2.02. The number of aryl methyl sites for hydroxylation is 2. The van der Waals surface area contributed by atoms with Crippen LogP contribution in [-0.4, -0.2) is 9.55 Å². The molecule has 0 aliphatic carbocycles. The summed E-state index contributed by atoms with van der Waals surface area (Å²) in [5, 5.41) is 0. The van der Waals surface area contributed by atoms with E-state index in [1.165, 1.54) is 6.07 Å². The third-order valence-electron chi connectivity index (χ3n) is 2.70. The summed E-state index contributed by atoms with van der Waals surface area (Å²) in [5.41, 5.74) is 7.72. The molecule has 3 nitrogen and oxygen atoms in total. The maximum atomic E-state index is 13.7. The average molecular weight is 219 g/mol. The predicted octanol–water partition coefficient (Wildman–Crippen LogP) is 2.04. The number of hydrogen-bond acceptors (Lipinski definition) is 2. The van der Waals surface area contributed by atoms with Crippen LogP contribution in [0.3, 0.4) is 0 Å². The number of rotatable bonds is 2. The van der Waals surface area contributed by atoms with Gasteiger partial charge in [0.25, 0.3) is 0 Å². The van der Waals surface area contributed by atoms with Crippen molar-refractivity contribution in [2.45, 2.75) is 13.3 Å². The minimum Gasteiger partial charge on any atom is -0.399 e. The van der Waals surface area contributed by atoms with Crippen LogP contribution in [-0.2, 0) is 13.5 Å². The van der Waals surface area contributed by atoms with Crippen LogP contribution in [0.15, 0.2) is 24.5 Å². The van der Waals surface area contributed by atoms with E-state index in [1.807, 2.05) is 17.8 Å². The van der Waals surface area contributed by atoms with E-state index in [1.54, 1.807) is 19.2 Å². The second-order valence-electron chi connectivity index (χ2n) is 3.93. The molecule has 2 aromatic rings. The van der Waals surface area contributed by atoms with Gasteiger partial charge in [0.2, 0.25) is 0 Å². The first-order valence-corrected chi connectivity index (χ1v) is 5.08. The quantitative estimate of drug-likeness (QED) is 0.785. The maximum absolute atomic E-state index is 13.7. The van der Waals surface area contributed by atoms with Crippen LogP contribution in [0.4, 0.5) is 10.1 Å². The van der Waals surface area contributed by atoms with Crippen LogP contribution < -0.4 is 5.73 Å². The van der Waals surface area contributed by atoms with Crippen molar-refractivity contribution in [3.05, 3.63) is 47.3 Å². The Morgan fingerprint density at radius 1 is 1.44 bits per heavy atom. The molecule has 0 atom stereocenters. The van der Waals surface area contributed by atoms with E-state index < -0.39 is 0 Å². The molecule has 1 aromatic carbocycles. The van der Waals surface area contributed by atoms with Crippen LogP contribution in [0, 0.1) is 12.7 Å². The number of imidazole rings is 1. The van der Waals surface area contributed by atoms with Crippen molar-refractivity contribution in [2.75, 3.05) is 5.73 Å². The molecular weight excluding hydrogens is 205 g/mol. The lowest BCUT2D eigenvalue weighted by molar-refractivity contribution is 0.609. The number of nitrogen functional groups attached to an aromatic ring is 1. The van der Waals surface area contributed by atoms with Gasteiger partial charge in [-0.05, 0) is 30.2 Å². The van der Waals surface area contributed by atoms with Gasteiger partial charge in [-0.2, -0.15) is 0 Å². The Labute approximate surface area is 93.7 Å². The SMILES string of the molecule is Cc1cc(F)c(Cc2nccn2C)cc1N. The first-order valence-electron chi connectivity index (χ1n) is 5.08. The molecule has 16 heavy (non-hydrogen) atoms. The molecule has 0 saturated carbocycles. The summed E-state index contributed by atoms with van der Waals surface area (Å²) < 4.78 is 15.5. The molecule has 4 heteroatoms. The molecule has 0 saturated heterocycles. The number of nitrogens with zero attached hydrogens (tertiary/aromatic N) is 2. The summed E-state index contributed by atoms with van der Waals surface area (Å²) in [6, 6.07) is 3.15. The fourth-order valence-electron chi connectivity index (χ4n) is 1.61. The molecule has 0 aliphatic heterocycles. The highest BCUT2D eigenvalue weighted by Crippen LogP contribution is 2.19. The lowest BCUT2D eigenvalue weighted by Gasteiger charge is -2.07. The van der Waals surface area contributed by atoms with Crippen LogP contribution in [0.2, 0.25) is 0 Å². The number of anilines is 1. The molecular formula is C12H14FN3. The summed E-state index contributed by atoms with van der Waals surface area (Å²) in [6.07, 6.45) is 4.00. The van der Waals surface area contributed by atoms with Crippen LogP contribution in [0.5, 0.6) is 0 Å². The van der Waals surface area contributed by atoms with E-state index in [0.717, 1.165) is 11.4 Å². The fraction of sp³-hybridized carbons (Fsp3) is 0.250. The Morgan fingerprint density at radius 2 is 2.19 bits per heavy atom. The molecule has 0 radical (unpaired) electrons. The Morgan fingerprint density at radius 3 is 2.81 bits per heavy atom. The van der Waals surface area contributed by atoms with Gasteiger partial charge < -0.3 is 10.3 Å². The number of hydrogen-bond donors (Lipinski definition) is 1. The molecule has 0 amide bonds. The lowest BCUT2D eigenvalue weighted by atomic mass is 10.1. The Bertz CT molecular complexity index is 517. The predicted molar refractivity (Wildman–Crippen MR) is 61.6 cm³/mol. The van der Waals surface area contributed by atoms with Crippen molar-refractivity contribution in [3.8, 4) is 0 Å². The maximum Gasteiger partial charge on any atom is 0.127 e. The van der Waals surface area contributed by atoms with Crippen LogP contribution in [0.1, 0.15) is 17.0 Å². The zero-order chi connectivity index (χ0) is 11.7. The zero-order valence-corrected chi connectivity index (χ0v) is 9.37. The minimum absolute atomic E-state index is 0.227. The molecule has 0 bridgehead atoms. The number of nitrogens with two attached hydrogens (primary N) is 1. The van der Waals surface area contributed by atoms with Gasteiger partial charge in [0.1, 0.15) is 11.6 Å². The molecule has 0 unspecified atom stereocenters. The molecule has 2 rings (SSSR count). The number of aromatic nitrogens is 2. The summed E-state index contributed by atoms with van der Waals surface area (Å²) in [5.74, 6) is 0.594. The first kappa shape index (κ1) is 10.7. The largest absolute Gasteiger partial charge is 0.399 e. The van der Waals surface area contributed by atoms with Crippen molar-refractivity contribution in [1.82, 2.24) is 9.55 Å². The topological polar surface area (TPSA) is 43.8 Å². The highest BCUT2D eigenvalue weighted by Gasteiger charge is 2.08. The highest BCUT2D eigenvalue weighted by atomic mass is 19.1. The Hall–Kier alpha value is -1.84. The normalized spacial score (nSPS) is 10.7. The van der Waals surface area contributed by atoms with Crippen molar-refractivity contribution in [2.24, 2.45) is 7.05 Å². The monoisotopic (exact) mass is 219 g/mol. The summed E-state index contributed by atoms with van der Waals surface area (Å²) >= 11 is 0. The standard InChI is InChI=1S/C12H14FN3/c1-8-5-10(13)9(6-11(8)14)7-12-15-3-4-16(12)2/h3-6H,7,14H2,1-2H3. The third kappa shape index (κ3) is 1.91. The average Bonchev–Trinajstić information content (AvgIpc) is 2.61. The molecule has 1 heterocycles. The van der Waals surface area contributed by atoms with E-state index in [-0.39, 0.29) is 5.82 Å². The minimum atomic E-state index is -0.227. The van der Waals surface area contributed by atoms with Crippen molar-refractivity contribution in [1.29, 1.82) is 0 Å². The highest BCUT2D eigenvalue weighted by molar-refractivity contribution is 5.49. The molecule has 0 spiro atoms. The smallest absolute Gasteiger partial charge is 0.127 e. The number of halogens is 1. The van der Waals surface area contributed by atoms with Gasteiger partial charge >= 0.3 is 0 Å². The Kier molecular flexibility index (Phi) is 2.64. The fourth-order valence-corrected chi connectivity index (χ4v) is 1.61. The molecule has 0 fully saturated rings. The summed E-state index contributed by atoms with van der Waals surface area (Å²) in [6.45, 7) is 1.79. The van der Waals surface area contributed by atoms with E-state index in [0.29, 0.717) is 17.7 Å². The van der Waals surface area contributed by atoms with E-state index >= 15 is 0 Å². The molecule has 0 aliphatic rings. The van der Waals surface area contributed by atoms with Gasteiger partial charge in [0.05, 0.1) is 0 Å². The van der Waals surface area contributed by atoms with Crippen LogP contribution in [0.25, 0.3) is 0 Å². The second kappa shape index (κ2) is 3.96. The van der Waals surface area contributed by atoms with E-state index in [2.05, 4.69) is 4.98 Å².